The van der Waals surface area contributed by atoms with E-state index in [0.717, 1.165) is 0 Å². The molecule has 0 saturated heterocycles. The van der Waals surface area contributed by atoms with Crippen molar-refractivity contribution in [2.75, 3.05) is 13.2 Å². The zero-order chi connectivity index (χ0) is 15.8. The average Bonchev–Trinajstić information content (AvgIpc) is 2.22. The highest BCUT2D eigenvalue weighted by molar-refractivity contribution is 6.70. The van der Waals surface area contributed by atoms with Gasteiger partial charge in [-0.1, -0.05) is 0 Å². The van der Waals surface area contributed by atoms with Crippen molar-refractivity contribution in [3.05, 3.63) is 24.0 Å². The van der Waals surface area contributed by atoms with Gasteiger partial charge in [-0.05, 0) is 53.1 Å². The van der Waals surface area contributed by atoms with Crippen LogP contribution in [0.1, 0.15) is 13.8 Å². The molecule has 0 heterocycles. The highest BCUT2D eigenvalue weighted by Gasteiger charge is 2.20. The first-order valence-electron chi connectivity index (χ1n) is 7.13. The normalized spacial score (nSPS) is 14.0. The van der Waals surface area contributed by atoms with Gasteiger partial charge in [0.2, 0.25) is 16.6 Å². The minimum Gasteiger partial charge on any atom is -0.520 e. The van der Waals surface area contributed by atoms with E-state index in [-0.39, 0.29) is 0 Å². The molecule has 0 spiro atoms. The van der Waals surface area contributed by atoms with Gasteiger partial charge in [0.05, 0.1) is 13.2 Å². The van der Waals surface area contributed by atoms with E-state index in [1.165, 1.54) is 0 Å². The highest BCUT2D eigenvalue weighted by Crippen LogP contribution is 2.15. The minimum atomic E-state index is -1.69. The van der Waals surface area contributed by atoms with Crippen LogP contribution in [0, 0.1) is 0 Å². The number of rotatable bonds is 9. The standard InChI is InChI=1S/C14H30O4Si2/c1-9-15-13(17-19(3,4)5)11-12-14(16-10-2)18-20(6,7)8/h11-12H,9-10H2,1-8H3. The zero-order valence-corrected chi connectivity index (χ0v) is 16.2. The van der Waals surface area contributed by atoms with Gasteiger partial charge in [0, 0.05) is 12.2 Å². The van der Waals surface area contributed by atoms with Gasteiger partial charge in [-0.2, -0.15) is 0 Å². The molecular formula is C14H30O4Si2. The van der Waals surface area contributed by atoms with Crippen molar-refractivity contribution in [1.82, 2.24) is 0 Å². The SMILES string of the molecule is CCOC(=CC=C(OCC)O[Si](C)(C)C)O[Si](C)(C)C. The predicted octanol–water partition coefficient (Wildman–Crippen LogP) is 4.45. The van der Waals surface area contributed by atoms with Gasteiger partial charge in [0.1, 0.15) is 0 Å². The summed E-state index contributed by atoms with van der Waals surface area (Å²) >= 11 is 0. The summed E-state index contributed by atoms with van der Waals surface area (Å²) in [4.78, 5) is 0. The Bertz CT molecular complexity index is 304. The Morgan fingerprint density at radius 2 is 1.00 bits per heavy atom. The summed E-state index contributed by atoms with van der Waals surface area (Å²) in [7, 11) is -3.38. The van der Waals surface area contributed by atoms with E-state index < -0.39 is 16.6 Å². The number of allylic oxidation sites excluding steroid dienone is 2. The molecule has 0 bridgehead atoms. The van der Waals surface area contributed by atoms with Crippen LogP contribution in [0.4, 0.5) is 0 Å². The molecule has 0 aromatic carbocycles. The maximum Gasteiger partial charge on any atom is 0.265 e. The number of ether oxygens (including phenoxy) is 2. The fourth-order valence-corrected chi connectivity index (χ4v) is 2.71. The first-order valence-corrected chi connectivity index (χ1v) is 13.9. The summed E-state index contributed by atoms with van der Waals surface area (Å²) in [5.41, 5.74) is 0. The van der Waals surface area contributed by atoms with Crippen LogP contribution in [0.15, 0.2) is 24.0 Å². The molecule has 118 valence electrons. The summed E-state index contributed by atoms with van der Waals surface area (Å²) in [6.45, 7) is 17.7. The fourth-order valence-electron chi connectivity index (χ4n) is 1.25. The van der Waals surface area contributed by atoms with Gasteiger partial charge in [0.25, 0.3) is 11.9 Å². The minimum absolute atomic E-state index is 0.531. The molecular weight excluding hydrogens is 288 g/mol. The van der Waals surface area contributed by atoms with Crippen molar-refractivity contribution in [3.63, 3.8) is 0 Å². The molecule has 0 radical (unpaired) electrons. The highest BCUT2D eigenvalue weighted by atomic mass is 28.4. The molecule has 0 amide bonds. The third kappa shape index (κ3) is 11.0. The van der Waals surface area contributed by atoms with Gasteiger partial charge >= 0.3 is 0 Å². The maximum atomic E-state index is 5.87. The predicted molar refractivity (Wildman–Crippen MR) is 88.3 cm³/mol. The van der Waals surface area contributed by atoms with Gasteiger partial charge in [0.15, 0.2) is 0 Å². The molecule has 0 aromatic rings. The smallest absolute Gasteiger partial charge is 0.265 e. The van der Waals surface area contributed by atoms with E-state index in [9.17, 15) is 0 Å². The van der Waals surface area contributed by atoms with Crippen molar-refractivity contribution >= 4 is 16.6 Å². The summed E-state index contributed by atoms with van der Waals surface area (Å²) in [6.07, 6.45) is 3.57. The van der Waals surface area contributed by atoms with Gasteiger partial charge in [-0.25, -0.2) is 0 Å². The van der Waals surface area contributed by atoms with Crippen LogP contribution >= 0.6 is 0 Å². The topological polar surface area (TPSA) is 36.9 Å². The molecule has 0 aromatic heterocycles. The maximum absolute atomic E-state index is 5.87. The lowest BCUT2D eigenvalue weighted by atomic mass is 10.5. The second kappa shape index (κ2) is 8.41. The largest absolute Gasteiger partial charge is 0.520 e. The summed E-state index contributed by atoms with van der Waals surface area (Å²) < 4.78 is 22.8. The van der Waals surface area contributed by atoms with Crippen LogP contribution in [0.25, 0.3) is 0 Å². The Balaban J connectivity index is 5.00. The van der Waals surface area contributed by atoms with E-state index in [1.807, 2.05) is 13.8 Å². The average molecular weight is 319 g/mol. The Labute approximate surface area is 126 Å². The second-order valence-corrected chi connectivity index (χ2v) is 15.1. The van der Waals surface area contributed by atoms with Gasteiger partial charge < -0.3 is 18.3 Å². The quantitative estimate of drug-likeness (QED) is 0.358. The summed E-state index contributed by atoms with van der Waals surface area (Å²) in [5, 5.41) is 0. The van der Waals surface area contributed by atoms with Crippen molar-refractivity contribution in [2.45, 2.75) is 53.1 Å². The van der Waals surface area contributed by atoms with Crippen molar-refractivity contribution in [3.8, 4) is 0 Å². The Hall–Kier alpha value is -0.886. The fraction of sp³-hybridized carbons (Fsp3) is 0.714. The Morgan fingerprint density at radius 3 is 1.20 bits per heavy atom. The van der Waals surface area contributed by atoms with Crippen molar-refractivity contribution in [2.24, 2.45) is 0 Å². The summed E-state index contributed by atoms with van der Waals surface area (Å²) in [5.74, 6) is 1.06. The van der Waals surface area contributed by atoms with Crippen LogP contribution < -0.4 is 0 Å². The van der Waals surface area contributed by atoms with E-state index in [4.69, 9.17) is 18.3 Å². The molecule has 0 rings (SSSR count). The molecule has 0 saturated carbocycles. The molecule has 4 nitrogen and oxygen atoms in total. The molecule has 0 N–H and O–H groups in total. The van der Waals surface area contributed by atoms with E-state index >= 15 is 0 Å². The third-order valence-corrected chi connectivity index (χ3v) is 3.37. The zero-order valence-electron chi connectivity index (χ0n) is 14.2. The van der Waals surface area contributed by atoms with Crippen LogP contribution in [0.5, 0.6) is 0 Å². The van der Waals surface area contributed by atoms with E-state index in [2.05, 4.69) is 39.3 Å². The molecule has 0 aliphatic heterocycles. The van der Waals surface area contributed by atoms with Gasteiger partial charge in [-0.3, -0.25) is 0 Å². The second-order valence-electron chi connectivity index (χ2n) is 6.27. The first-order chi connectivity index (χ1) is 9.07. The Kier molecular flexibility index (Phi) is 8.04. The Morgan fingerprint density at radius 1 is 0.700 bits per heavy atom. The van der Waals surface area contributed by atoms with Crippen molar-refractivity contribution < 1.29 is 18.3 Å². The lowest BCUT2D eigenvalue weighted by molar-refractivity contribution is 0.106. The monoisotopic (exact) mass is 318 g/mol. The molecule has 0 fully saturated rings. The van der Waals surface area contributed by atoms with Crippen molar-refractivity contribution in [1.29, 1.82) is 0 Å². The number of hydrogen-bond acceptors (Lipinski definition) is 4. The van der Waals surface area contributed by atoms with Crippen LogP contribution in [0.3, 0.4) is 0 Å². The molecule has 0 aliphatic rings. The third-order valence-electron chi connectivity index (χ3n) is 1.74. The van der Waals surface area contributed by atoms with E-state index in [0.29, 0.717) is 25.1 Å². The molecule has 0 unspecified atom stereocenters. The van der Waals surface area contributed by atoms with Crippen LogP contribution in [0.2, 0.25) is 39.3 Å². The molecule has 20 heavy (non-hydrogen) atoms. The lowest BCUT2D eigenvalue weighted by Gasteiger charge is -2.22. The molecule has 0 aliphatic carbocycles. The van der Waals surface area contributed by atoms with Gasteiger partial charge in [-0.15, -0.1) is 0 Å². The number of hydrogen-bond donors (Lipinski definition) is 0. The summed E-state index contributed by atoms with van der Waals surface area (Å²) in [6, 6.07) is 0. The van der Waals surface area contributed by atoms with Crippen LogP contribution in [-0.2, 0) is 18.3 Å². The molecule has 0 atom stereocenters. The lowest BCUT2D eigenvalue weighted by Crippen LogP contribution is -2.26. The molecule has 6 heteroatoms. The first kappa shape index (κ1) is 19.1. The van der Waals surface area contributed by atoms with Crippen LogP contribution in [-0.4, -0.2) is 29.8 Å². The van der Waals surface area contributed by atoms with E-state index in [1.54, 1.807) is 12.2 Å².